The van der Waals surface area contributed by atoms with E-state index < -0.39 is 21.5 Å². The lowest BCUT2D eigenvalue weighted by Crippen LogP contribution is -2.35. The van der Waals surface area contributed by atoms with Crippen LogP contribution in [-0.2, 0) is 16.3 Å². The number of rotatable bonds is 7. The Labute approximate surface area is 190 Å². The molecule has 1 aliphatic rings. The highest BCUT2D eigenvalue weighted by Gasteiger charge is 2.28. The third-order valence-corrected chi connectivity index (χ3v) is 6.43. The van der Waals surface area contributed by atoms with Crippen LogP contribution in [0.2, 0.25) is 0 Å². The van der Waals surface area contributed by atoms with E-state index in [0.717, 1.165) is 23.6 Å². The smallest absolute Gasteiger partial charge is 0.200 e. The van der Waals surface area contributed by atoms with Gasteiger partial charge in [-0.1, -0.05) is 0 Å². The first-order valence-electron chi connectivity index (χ1n) is 10.4. The zero-order valence-corrected chi connectivity index (χ0v) is 19.0. The van der Waals surface area contributed by atoms with Crippen LogP contribution >= 0.6 is 0 Å². The van der Waals surface area contributed by atoms with Crippen molar-refractivity contribution in [3.8, 4) is 17.4 Å². The van der Waals surface area contributed by atoms with Gasteiger partial charge in [0.2, 0.25) is 5.82 Å². The summed E-state index contributed by atoms with van der Waals surface area (Å²) < 4.78 is 56.5. The molecule has 11 heteroatoms. The lowest BCUT2D eigenvalue weighted by Gasteiger charge is -2.36. The van der Waals surface area contributed by atoms with Crippen molar-refractivity contribution in [3.63, 3.8) is 0 Å². The van der Waals surface area contributed by atoms with Gasteiger partial charge >= 0.3 is 0 Å². The van der Waals surface area contributed by atoms with Gasteiger partial charge < -0.3 is 9.64 Å². The molecule has 0 radical (unpaired) electrons. The van der Waals surface area contributed by atoms with Gasteiger partial charge in [0.25, 0.3) is 0 Å². The van der Waals surface area contributed by atoms with Crippen LogP contribution in [0.1, 0.15) is 30.6 Å². The molecule has 0 spiro atoms. The number of anilines is 1. The molecule has 0 fully saturated rings. The normalized spacial score (nSPS) is 15.9. The van der Waals surface area contributed by atoms with Gasteiger partial charge in [-0.15, -0.1) is 0 Å². The van der Waals surface area contributed by atoms with Crippen molar-refractivity contribution < 1.29 is 21.9 Å². The molecule has 0 unspecified atom stereocenters. The summed E-state index contributed by atoms with van der Waals surface area (Å²) in [7, 11) is -3.15. The van der Waals surface area contributed by atoms with Gasteiger partial charge in [0.05, 0.1) is 24.1 Å². The minimum absolute atomic E-state index is 0.0382. The summed E-state index contributed by atoms with van der Waals surface area (Å²) in [4.78, 5) is 19.3. The van der Waals surface area contributed by atoms with Crippen molar-refractivity contribution in [3.05, 3.63) is 59.7 Å². The van der Waals surface area contributed by atoms with Crippen molar-refractivity contribution in [2.24, 2.45) is 0 Å². The summed E-state index contributed by atoms with van der Waals surface area (Å²) in [6.07, 6.45) is 6.84. The number of nitrogens with zero attached hydrogens (tertiary/aromatic N) is 5. The van der Waals surface area contributed by atoms with E-state index >= 15 is 0 Å². The molecule has 0 N–H and O–H groups in total. The molecule has 0 saturated carbocycles. The second-order valence-electron chi connectivity index (χ2n) is 7.86. The molecule has 0 bridgehead atoms. The highest BCUT2D eigenvalue weighted by molar-refractivity contribution is 7.90. The number of benzene rings is 1. The predicted molar refractivity (Wildman–Crippen MR) is 119 cm³/mol. The Kier molecular flexibility index (Phi) is 6.50. The Morgan fingerprint density at radius 3 is 2.64 bits per heavy atom. The first kappa shape index (κ1) is 23.0. The molecular formula is C22H23F2N5O3S. The average molecular weight is 476 g/mol. The first-order chi connectivity index (χ1) is 15.7. The van der Waals surface area contributed by atoms with Crippen LogP contribution in [0.3, 0.4) is 0 Å². The number of hydrogen-bond donors (Lipinski definition) is 0. The largest absolute Gasteiger partial charge is 0.490 e. The molecule has 1 aliphatic heterocycles. The fraction of sp³-hybridized carbons (Fsp3) is 0.364. The van der Waals surface area contributed by atoms with E-state index in [4.69, 9.17) is 4.74 Å². The van der Waals surface area contributed by atoms with Gasteiger partial charge in [-0.3, -0.25) is 0 Å². The molecule has 4 rings (SSSR count). The van der Waals surface area contributed by atoms with Gasteiger partial charge in [-0.25, -0.2) is 32.7 Å². The van der Waals surface area contributed by atoms with Crippen LogP contribution in [-0.4, -0.2) is 53.5 Å². The van der Waals surface area contributed by atoms with E-state index in [1.165, 1.54) is 6.07 Å². The van der Waals surface area contributed by atoms with Crippen molar-refractivity contribution in [1.29, 1.82) is 0 Å². The van der Waals surface area contributed by atoms with Gasteiger partial charge in [0.1, 0.15) is 9.84 Å². The Balaban J connectivity index is 1.55. The minimum Gasteiger partial charge on any atom is -0.490 e. The first-order valence-corrected chi connectivity index (χ1v) is 12.5. The third-order valence-electron chi connectivity index (χ3n) is 5.40. The van der Waals surface area contributed by atoms with E-state index in [-0.39, 0.29) is 30.6 Å². The zero-order chi connectivity index (χ0) is 23.6. The maximum atomic E-state index is 14.3. The van der Waals surface area contributed by atoms with E-state index in [9.17, 15) is 17.2 Å². The molecule has 1 atom stereocenters. The molecule has 0 aliphatic carbocycles. The van der Waals surface area contributed by atoms with Crippen molar-refractivity contribution >= 4 is 15.5 Å². The monoisotopic (exact) mass is 475 g/mol. The lowest BCUT2D eigenvalue weighted by atomic mass is 9.98. The second kappa shape index (κ2) is 9.34. The summed E-state index contributed by atoms with van der Waals surface area (Å²) in [5, 5.41) is 0. The van der Waals surface area contributed by atoms with Crippen LogP contribution < -0.4 is 9.64 Å². The Hall–Kier alpha value is -3.21. The van der Waals surface area contributed by atoms with E-state index in [0.29, 0.717) is 30.3 Å². The second-order valence-corrected chi connectivity index (χ2v) is 10.1. The quantitative estimate of drug-likeness (QED) is 0.481. The Morgan fingerprint density at radius 1 is 1.15 bits per heavy atom. The van der Waals surface area contributed by atoms with E-state index in [1.807, 2.05) is 11.8 Å². The molecule has 1 aromatic carbocycles. The maximum Gasteiger partial charge on any atom is 0.200 e. The minimum atomic E-state index is -3.15. The summed E-state index contributed by atoms with van der Waals surface area (Å²) in [5.41, 5.74) is 2.19. The van der Waals surface area contributed by atoms with Gasteiger partial charge in [0, 0.05) is 61.2 Å². The maximum absolute atomic E-state index is 14.3. The zero-order valence-electron chi connectivity index (χ0n) is 18.2. The van der Waals surface area contributed by atoms with Crippen LogP contribution in [0.15, 0.2) is 36.8 Å². The molecule has 0 amide bonds. The van der Waals surface area contributed by atoms with Crippen molar-refractivity contribution in [1.82, 2.24) is 19.9 Å². The van der Waals surface area contributed by atoms with Crippen molar-refractivity contribution in [2.45, 2.75) is 25.8 Å². The number of ether oxygens (including phenoxy) is 1. The summed E-state index contributed by atoms with van der Waals surface area (Å²) in [5.74, 6) is -1.59. The Morgan fingerprint density at radius 2 is 1.91 bits per heavy atom. The number of sulfone groups is 1. The number of halogens is 2. The van der Waals surface area contributed by atoms with Crippen LogP contribution in [0.5, 0.6) is 5.75 Å². The number of fused-ring (bicyclic) bond motifs is 1. The highest BCUT2D eigenvalue weighted by atomic mass is 32.2. The molecule has 174 valence electrons. The molecule has 8 nitrogen and oxygen atoms in total. The fourth-order valence-electron chi connectivity index (χ4n) is 3.76. The molecule has 33 heavy (non-hydrogen) atoms. The van der Waals surface area contributed by atoms with Crippen LogP contribution in [0.25, 0.3) is 11.6 Å². The fourth-order valence-corrected chi connectivity index (χ4v) is 4.41. The predicted octanol–water partition coefficient (Wildman–Crippen LogP) is 3.15. The summed E-state index contributed by atoms with van der Waals surface area (Å²) in [6, 6.07) is 4.09. The summed E-state index contributed by atoms with van der Waals surface area (Å²) in [6.45, 7) is 2.43. The SMILES string of the molecule is C[C@H]1c2cnc(-c3ncccn3)nc2CCN1c1cc(F)c(F)c(OCCCS(C)(=O)=O)c1. The summed E-state index contributed by atoms with van der Waals surface area (Å²) >= 11 is 0. The van der Waals surface area contributed by atoms with Crippen LogP contribution in [0, 0.1) is 11.6 Å². The highest BCUT2D eigenvalue weighted by Crippen LogP contribution is 2.36. The topological polar surface area (TPSA) is 98.2 Å². The molecular weight excluding hydrogens is 452 g/mol. The molecule has 2 aromatic heterocycles. The van der Waals surface area contributed by atoms with E-state index in [2.05, 4.69) is 19.9 Å². The Bertz CT molecular complexity index is 1260. The standard InChI is InChI=1S/C22H23F2N5O3S/c1-14-16-13-27-22(21-25-6-3-7-26-21)28-18(16)5-8-29(14)15-11-17(23)20(24)19(12-15)32-9-4-10-33(2,30)31/h3,6-7,11-14H,4-5,8-10H2,1-2H3/t14-/m0/s1. The lowest BCUT2D eigenvalue weighted by molar-refractivity contribution is 0.295. The molecule has 0 saturated heterocycles. The number of aromatic nitrogens is 4. The van der Waals surface area contributed by atoms with E-state index in [1.54, 1.807) is 24.7 Å². The molecule has 3 heterocycles. The van der Waals surface area contributed by atoms with Gasteiger partial charge in [-0.05, 0) is 19.4 Å². The van der Waals surface area contributed by atoms with Gasteiger partial charge in [-0.2, -0.15) is 4.39 Å². The van der Waals surface area contributed by atoms with Crippen LogP contribution in [0.4, 0.5) is 14.5 Å². The molecule has 3 aromatic rings. The van der Waals surface area contributed by atoms with Gasteiger partial charge in [0.15, 0.2) is 23.2 Å². The van der Waals surface area contributed by atoms with Crippen molar-refractivity contribution in [2.75, 3.05) is 30.1 Å². The number of hydrogen-bond acceptors (Lipinski definition) is 8. The third kappa shape index (κ3) is 5.24. The average Bonchev–Trinajstić information content (AvgIpc) is 2.79.